The Bertz CT molecular complexity index is 798. The van der Waals surface area contributed by atoms with Crippen LogP contribution in [0.15, 0.2) is 54.3 Å². The monoisotopic (exact) mass is 383 g/mol. The molecule has 0 aliphatic carbocycles. The maximum Gasteiger partial charge on any atom is 0.416 e. The summed E-state index contributed by atoms with van der Waals surface area (Å²) in [6.45, 7) is 3.81. The zero-order chi connectivity index (χ0) is 20.1. The van der Waals surface area contributed by atoms with Crippen LogP contribution in [0.2, 0.25) is 0 Å². The van der Waals surface area contributed by atoms with E-state index in [-0.39, 0.29) is 12.4 Å². The zero-order valence-electron chi connectivity index (χ0n) is 16.2. The predicted octanol–water partition coefficient (Wildman–Crippen LogP) is 3.42. The number of rotatable bonds is 6. The maximum atomic E-state index is 13.1. The van der Waals surface area contributed by atoms with E-state index in [2.05, 4.69) is 0 Å². The first-order valence-electron chi connectivity index (χ1n) is 9.63. The van der Waals surface area contributed by atoms with Crippen molar-refractivity contribution in [3.05, 3.63) is 59.9 Å². The molecule has 0 saturated carbocycles. The van der Waals surface area contributed by atoms with Gasteiger partial charge in [-0.1, -0.05) is 43.7 Å². The molecular weight excluding hydrogens is 358 g/mol. The van der Waals surface area contributed by atoms with E-state index < -0.39 is 30.1 Å². The van der Waals surface area contributed by atoms with Gasteiger partial charge in [0.05, 0.1) is 12.0 Å². The number of ketones is 1. The molecule has 2 aliphatic rings. The molecule has 2 aliphatic heterocycles. The van der Waals surface area contributed by atoms with Crippen molar-refractivity contribution in [3.63, 3.8) is 0 Å². The van der Waals surface area contributed by atoms with Crippen molar-refractivity contribution in [2.45, 2.75) is 45.3 Å². The fourth-order valence-electron chi connectivity index (χ4n) is 3.37. The van der Waals surface area contributed by atoms with Gasteiger partial charge >= 0.3 is 6.09 Å². The molecule has 0 radical (unpaired) electrons. The van der Waals surface area contributed by atoms with Gasteiger partial charge in [-0.3, -0.25) is 9.59 Å². The highest BCUT2D eigenvalue weighted by Crippen LogP contribution is 2.25. The summed E-state index contributed by atoms with van der Waals surface area (Å²) in [5, 5.41) is 0. The van der Waals surface area contributed by atoms with Gasteiger partial charge in [-0.05, 0) is 43.6 Å². The predicted molar refractivity (Wildman–Crippen MR) is 103 cm³/mol. The minimum absolute atomic E-state index is 0.146. The van der Waals surface area contributed by atoms with Crippen molar-refractivity contribution in [3.8, 4) is 0 Å². The Kier molecular flexibility index (Phi) is 6.29. The number of allylic oxidation sites excluding steroid dienone is 2. The first kappa shape index (κ1) is 19.9. The molecule has 0 spiro atoms. The number of nitrogens with zero attached hydrogens (tertiary/aromatic N) is 1. The van der Waals surface area contributed by atoms with Gasteiger partial charge in [0.15, 0.2) is 11.9 Å². The normalized spacial score (nSPS) is 24.2. The van der Waals surface area contributed by atoms with Gasteiger partial charge in [-0.25, -0.2) is 9.69 Å². The lowest BCUT2D eigenvalue weighted by atomic mass is 9.96. The standard InChI is InChI=1S/C22H25NO5/c1-3-4-10-18-11-12-19(24)20(28-18)15(2)21(25)23-17(14-27-22(23)26)13-16-8-6-5-7-9-16/h5-12,15,17,20H,3-4,13-14H2,1-2H3/t15-,17?,20?/m0/s1. The smallest absolute Gasteiger partial charge is 0.416 e. The maximum absolute atomic E-state index is 13.1. The van der Waals surface area contributed by atoms with Crippen molar-refractivity contribution in [2.24, 2.45) is 5.92 Å². The van der Waals surface area contributed by atoms with Crippen LogP contribution in [-0.2, 0) is 25.5 Å². The average molecular weight is 383 g/mol. The third-order valence-electron chi connectivity index (χ3n) is 4.95. The van der Waals surface area contributed by atoms with Gasteiger partial charge in [0.1, 0.15) is 12.4 Å². The second kappa shape index (κ2) is 8.87. The number of cyclic esters (lactones) is 1. The summed E-state index contributed by atoms with van der Waals surface area (Å²) in [6, 6.07) is 9.22. The second-order valence-electron chi connectivity index (χ2n) is 7.09. The number of imide groups is 1. The van der Waals surface area contributed by atoms with Gasteiger partial charge in [0.25, 0.3) is 0 Å². The summed E-state index contributed by atoms with van der Waals surface area (Å²) in [5.74, 6) is -0.948. The van der Waals surface area contributed by atoms with Gasteiger partial charge in [0.2, 0.25) is 5.91 Å². The minimum Gasteiger partial charge on any atom is -0.482 e. The second-order valence-corrected chi connectivity index (χ2v) is 7.09. The molecule has 6 heteroatoms. The van der Waals surface area contributed by atoms with Gasteiger partial charge in [0, 0.05) is 0 Å². The molecule has 2 amide bonds. The Hall–Kier alpha value is -2.89. The summed E-state index contributed by atoms with van der Waals surface area (Å²) < 4.78 is 10.9. The fourth-order valence-corrected chi connectivity index (χ4v) is 3.37. The van der Waals surface area contributed by atoms with E-state index in [0.717, 1.165) is 23.3 Å². The molecule has 3 atom stereocenters. The van der Waals surface area contributed by atoms with E-state index in [4.69, 9.17) is 9.47 Å². The molecule has 0 N–H and O–H groups in total. The first-order chi connectivity index (χ1) is 13.5. The molecule has 0 aromatic heterocycles. The SMILES string of the molecule is CCCC=C1C=CC(=O)C([C@H](C)C(=O)N2C(=O)OCC2Cc2ccccc2)O1. The highest BCUT2D eigenvalue weighted by atomic mass is 16.6. The topological polar surface area (TPSA) is 72.9 Å². The molecule has 6 nitrogen and oxygen atoms in total. The Morgan fingerprint density at radius 3 is 2.71 bits per heavy atom. The number of benzene rings is 1. The zero-order valence-corrected chi connectivity index (χ0v) is 16.2. The molecule has 1 saturated heterocycles. The van der Waals surface area contributed by atoms with Crippen LogP contribution in [0.3, 0.4) is 0 Å². The molecule has 1 aromatic carbocycles. The number of amides is 2. The van der Waals surface area contributed by atoms with Crippen LogP contribution in [0.1, 0.15) is 32.3 Å². The van der Waals surface area contributed by atoms with Crippen molar-refractivity contribution in [1.29, 1.82) is 0 Å². The summed E-state index contributed by atoms with van der Waals surface area (Å²) in [5.41, 5.74) is 1.01. The molecule has 28 heavy (non-hydrogen) atoms. The summed E-state index contributed by atoms with van der Waals surface area (Å²) >= 11 is 0. The summed E-state index contributed by atoms with van der Waals surface area (Å²) in [6.07, 6.45) is 5.62. The van der Waals surface area contributed by atoms with Gasteiger partial charge in [-0.2, -0.15) is 0 Å². The number of hydrogen-bond donors (Lipinski definition) is 0. The minimum atomic E-state index is -0.939. The lowest BCUT2D eigenvalue weighted by molar-refractivity contribution is -0.142. The molecule has 3 rings (SSSR count). The van der Waals surface area contributed by atoms with Crippen LogP contribution in [0.5, 0.6) is 0 Å². The van der Waals surface area contributed by atoms with E-state index in [1.807, 2.05) is 43.3 Å². The molecule has 1 aromatic rings. The fraction of sp³-hybridized carbons (Fsp3) is 0.409. The molecular formula is C22H25NO5. The van der Waals surface area contributed by atoms with E-state index in [1.54, 1.807) is 13.0 Å². The number of carbonyl (C=O) groups is 3. The highest BCUT2D eigenvalue weighted by molar-refractivity contribution is 6.01. The van der Waals surface area contributed by atoms with Crippen LogP contribution in [0, 0.1) is 5.92 Å². The van der Waals surface area contributed by atoms with Crippen LogP contribution in [0.25, 0.3) is 0 Å². The van der Waals surface area contributed by atoms with E-state index >= 15 is 0 Å². The third kappa shape index (κ3) is 4.32. The molecule has 148 valence electrons. The van der Waals surface area contributed by atoms with Gasteiger partial charge < -0.3 is 9.47 Å². The number of ether oxygens (including phenoxy) is 2. The Morgan fingerprint density at radius 1 is 1.25 bits per heavy atom. The van der Waals surface area contributed by atoms with E-state index in [1.165, 1.54) is 6.08 Å². The number of carbonyl (C=O) groups excluding carboxylic acids is 3. The van der Waals surface area contributed by atoms with Crippen LogP contribution in [0.4, 0.5) is 4.79 Å². The van der Waals surface area contributed by atoms with E-state index in [9.17, 15) is 14.4 Å². The van der Waals surface area contributed by atoms with Gasteiger partial charge in [-0.15, -0.1) is 0 Å². The van der Waals surface area contributed by atoms with E-state index in [0.29, 0.717) is 12.2 Å². The number of hydrogen-bond acceptors (Lipinski definition) is 5. The number of unbranched alkanes of at least 4 members (excludes halogenated alkanes) is 1. The Balaban J connectivity index is 1.74. The third-order valence-corrected chi connectivity index (χ3v) is 4.95. The lowest BCUT2D eigenvalue weighted by Gasteiger charge is -2.29. The van der Waals surface area contributed by atoms with Crippen LogP contribution in [-0.4, -0.2) is 41.4 Å². The van der Waals surface area contributed by atoms with Crippen molar-refractivity contribution in [1.82, 2.24) is 4.90 Å². The first-order valence-corrected chi connectivity index (χ1v) is 9.63. The van der Waals surface area contributed by atoms with Crippen LogP contribution < -0.4 is 0 Å². The summed E-state index contributed by atoms with van der Waals surface area (Å²) in [4.78, 5) is 38.7. The van der Waals surface area contributed by atoms with Crippen molar-refractivity contribution < 1.29 is 23.9 Å². The molecule has 2 unspecified atom stereocenters. The van der Waals surface area contributed by atoms with Crippen molar-refractivity contribution >= 4 is 17.8 Å². The molecule has 1 fully saturated rings. The quantitative estimate of drug-likeness (QED) is 0.753. The molecule has 0 bridgehead atoms. The largest absolute Gasteiger partial charge is 0.482 e. The van der Waals surface area contributed by atoms with Crippen molar-refractivity contribution in [2.75, 3.05) is 6.61 Å². The lowest BCUT2D eigenvalue weighted by Crippen LogP contribution is -2.48. The Morgan fingerprint density at radius 2 is 2.00 bits per heavy atom. The highest BCUT2D eigenvalue weighted by Gasteiger charge is 2.43. The Labute approximate surface area is 164 Å². The summed E-state index contributed by atoms with van der Waals surface area (Å²) in [7, 11) is 0. The van der Waals surface area contributed by atoms with Crippen LogP contribution >= 0.6 is 0 Å². The molecule has 2 heterocycles. The average Bonchev–Trinajstić information content (AvgIpc) is 3.07.